The molecule has 0 bridgehead atoms. The molecule has 166 valence electrons. The van der Waals surface area contributed by atoms with Crippen LogP contribution in [-0.2, 0) is 14.3 Å². The normalized spacial score (nSPS) is 10.3. The van der Waals surface area contributed by atoms with Gasteiger partial charge in [0.1, 0.15) is 16.4 Å². The largest absolute Gasteiger partial charge is 0.495 e. The van der Waals surface area contributed by atoms with E-state index in [1.807, 2.05) is 13.0 Å². The van der Waals surface area contributed by atoms with Crippen LogP contribution in [-0.4, -0.2) is 38.0 Å². The zero-order valence-corrected chi connectivity index (χ0v) is 18.3. The number of halogens is 1. The number of esters is 1. The van der Waals surface area contributed by atoms with Gasteiger partial charge >= 0.3 is 5.97 Å². The summed E-state index contributed by atoms with van der Waals surface area (Å²) in [7, 11) is 1.49. The van der Waals surface area contributed by atoms with E-state index in [4.69, 9.17) is 9.47 Å². The number of ether oxygens (including phenoxy) is 2. The van der Waals surface area contributed by atoms with Crippen LogP contribution >= 0.6 is 11.3 Å². The van der Waals surface area contributed by atoms with Crippen molar-refractivity contribution in [2.45, 2.75) is 6.92 Å². The summed E-state index contributed by atoms with van der Waals surface area (Å²) in [5, 5.41) is 5.06. The summed E-state index contributed by atoms with van der Waals surface area (Å²) in [6.07, 6.45) is 0. The number of carbonyl (C=O) groups excluding carboxylic acids is 3. The van der Waals surface area contributed by atoms with Crippen molar-refractivity contribution in [3.8, 4) is 16.2 Å². The second kappa shape index (κ2) is 10.5. The summed E-state index contributed by atoms with van der Waals surface area (Å²) in [6.45, 7) is 1.06. The molecule has 2 amide bonds. The van der Waals surface area contributed by atoms with Gasteiger partial charge in [0.05, 0.1) is 19.3 Å². The van der Waals surface area contributed by atoms with Gasteiger partial charge in [-0.15, -0.1) is 11.3 Å². The fourth-order valence-corrected chi connectivity index (χ4v) is 3.67. The molecule has 2 N–H and O–H groups in total. The van der Waals surface area contributed by atoms with Crippen LogP contribution in [0.3, 0.4) is 0 Å². The summed E-state index contributed by atoms with van der Waals surface area (Å²) < 4.78 is 23.2. The number of hydrogen-bond donors (Lipinski definition) is 2. The maximum absolute atomic E-state index is 13.0. The fourth-order valence-electron chi connectivity index (χ4n) is 2.76. The van der Waals surface area contributed by atoms with Crippen molar-refractivity contribution in [1.29, 1.82) is 0 Å². The van der Waals surface area contributed by atoms with Gasteiger partial charge in [-0.3, -0.25) is 9.59 Å². The first-order chi connectivity index (χ1) is 15.4. The lowest BCUT2D eigenvalue weighted by atomic mass is 10.2. The quantitative estimate of drug-likeness (QED) is 0.503. The zero-order valence-electron chi connectivity index (χ0n) is 17.4. The monoisotopic (exact) mass is 456 g/mol. The van der Waals surface area contributed by atoms with Crippen LogP contribution in [0.15, 0.2) is 54.6 Å². The van der Waals surface area contributed by atoms with E-state index in [1.165, 1.54) is 30.6 Å². The third kappa shape index (κ3) is 6.14. The molecule has 9 heteroatoms. The predicted octanol–water partition coefficient (Wildman–Crippen LogP) is 3.78. The van der Waals surface area contributed by atoms with E-state index in [1.54, 1.807) is 36.4 Å². The molecular formula is C23H21FN2O5S. The van der Waals surface area contributed by atoms with E-state index in [2.05, 4.69) is 10.6 Å². The topological polar surface area (TPSA) is 93.7 Å². The number of hydrogen-bond acceptors (Lipinski definition) is 6. The van der Waals surface area contributed by atoms with Crippen molar-refractivity contribution in [2.75, 3.05) is 25.6 Å². The molecule has 0 aliphatic heterocycles. The Kier molecular flexibility index (Phi) is 7.56. The van der Waals surface area contributed by atoms with E-state index >= 15 is 0 Å². The number of aryl methyl sites for hydroxylation is 1. The maximum atomic E-state index is 13.0. The Balaban J connectivity index is 1.46. The zero-order chi connectivity index (χ0) is 23.1. The molecule has 0 fully saturated rings. The third-order valence-corrected chi connectivity index (χ3v) is 5.46. The highest BCUT2D eigenvalue weighted by molar-refractivity contribution is 7.17. The van der Waals surface area contributed by atoms with E-state index in [9.17, 15) is 18.8 Å². The van der Waals surface area contributed by atoms with Crippen molar-refractivity contribution in [3.05, 3.63) is 70.9 Å². The van der Waals surface area contributed by atoms with Crippen molar-refractivity contribution >= 4 is 34.8 Å². The van der Waals surface area contributed by atoms with Gasteiger partial charge in [-0.25, -0.2) is 9.18 Å². The van der Waals surface area contributed by atoms with Gasteiger partial charge in [-0.2, -0.15) is 0 Å². The molecule has 2 aromatic carbocycles. The lowest BCUT2D eigenvalue weighted by Gasteiger charge is -2.11. The highest BCUT2D eigenvalue weighted by Gasteiger charge is 2.15. The van der Waals surface area contributed by atoms with Crippen molar-refractivity contribution in [1.82, 2.24) is 5.32 Å². The van der Waals surface area contributed by atoms with Gasteiger partial charge in [0.2, 0.25) is 5.91 Å². The molecule has 32 heavy (non-hydrogen) atoms. The SMILES string of the molecule is COc1ccc(C)cc1NC(=O)CNC(=O)COC(=O)c1ccc(-c2ccc(F)cc2)s1. The van der Waals surface area contributed by atoms with Gasteiger partial charge in [-0.1, -0.05) is 18.2 Å². The molecule has 0 saturated heterocycles. The minimum atomic E-state index is -0.660. The number of anilines is 1. The Hall–Kier alpha value is -3.72. The van der Waals surface area contributed by atoms with Crippen molar-refractivity contribution in [3.63, 3.8) is 0 Å². The fraction of sp³-hybridized carbons (Fsp3) is 0.174. The molecule has 1 heterocycles. The van der Waals surface area contributed by atoms with Crippen LogP contribution in [0.1, 0.15) is 15.2 Å². The summed E-state index contributed by atoms with van der Waals surface area (Å²) in [4.78, 5) is 37.3. The molecular weight excluding hydrogens is 435 g/mol. The lowest BCUT2D eigenvalue weighted by molar-refractivity contribution is -0.126. The van der Waals surface area contributed by atoms with E-state index in [0.29, 0.717) is 16.3 Å². The number of benzene rings is 2. The van der Waals surface area contributed by atoms with Crippen LogP contribution in [0.25, 0.3) is 10.4 Å². The average molecular weight is 456 g/mol. The Labute approximate surface area is 188 Å². The number of methoxy groups -OCH3 is 1. The molecule has 0 unspecified atom stereocenters. The van der Waals surface area contributed by atoms with Crippen molar-refractivity contribution in [2.24, 2.45) is 0 Å². The first kappa shape index (κ1) is 23.0. The molecule has 0 aliphatic carbocycles. The van der Waals surface area contributed by atoms with E-state index in [0.717, 1.165) is 16.0 Å². The number of carbonyl (C=O) groups is 3. The van der Waals surface area contributed by atoms with Crippen LogP contribution in [0.2, 0.25) is 0 Å². The molecule has 0 aliphatic rings. The standard InChI is InChI=1S/C23H21FN2O5S/c1-14-3-8-18(30-2)17(11-14)26-21(27)12-25-22(28)13-31-23(29)20-10-9-19(32-20)15-4-6-16(24)7-5-15/h3-11H,12-13H2,1-2H3,(H,25,28)(H,26,27). The Bertz CT molecular complexity index is 1130. The molecule has 3 rings (SSSR count). The first-order valence-electron chi connectivity index (χ1n) is 9.60. The molecule has 1 aromatic heterocycles. The van der Waals surface area contributed by atoms with Gasteiger partial charge in [0.15, 0.2) is 6.61 Å². The minimum absolute atomic E-state index is 0.290. The van der Waals surface area contributed by atoms with Gasteiger partial charge in [0, 0.05) is 4.88 Å². The summed E-state index contributed by atoms with van der Waals surface area (Å²) in [5.74, 6) is -1.56. The van der Waals surface area contributed by atoms with Crippen LogP contribution in [0, 0.1) is 12.7 Å². The highest BCUT2D eigenvalue weighted by Crippen LogP contribution is 2.28. The highest BCUT2D eigenvalue weighted by atomic mass is 32.1. The van der Waals surface area contributed by atoms with Crippen LogP contribution in [0.4, 0.5) is 10.1 Å². The molecule has 0 spiro atoms. The minimum Gasteiger partial charge on any atom is -0.495 e. The molecule has 0 atom stereocenters. The molecule has 0 saturated carbocycles. The Morgan fingerprint density at radius 3 is 2.47 bits per heavy atom. The summed E-state index contributed by atoms with van der Waals surface area (Å²) in [6, 6.07) is 14.5. The maximum Gasteiger partial charge on any atom is 0.348 e. The number of rotatable bonds is 8. The van der Waals surface area contributed by atoms with Crippen LogP contribution in [0.5, 0.6) is 5.75 Å². The Morgan fingerprint density at radius 1 is 1.00 bits per heavy atom. The van der Waals surface area contributed by atoms with Gasteiger partial charge < -0.3 is 20.1 Å². The van der Waals surface area contributed by atoms with E-state index < -0.39 is 24.4 Å². The van der Waals surface area contributed by atoms with Crippen molar-refractivity contribution < 1.29 is 28.2 Å². The second-order valence-corrected chi connectivity index (χ2v) is 7.86. The Morgan fingerprint density at radius 2 is 1.75 bits per heavy atom. The number of amides is 2. The number of nitrogens with one attached hydrogen (secondary N) is 2. The molecule has 3 aromatic rings. The summed E-state index contributed by atoms with van der Waals surface area (Å²) in [5.41, 5.74) is 2.20. The predicted molar refractivity (Wildman–Crippen MR) is 119 cm³/mol. The average Bonchev–Trinajstić information content (AvgIpc) is 3.27. The first-order valence-corrected chi connectivity index (χ1v) is 10.4. The molecule has 0 radical (unpaired) electrons. The van der Waals surface area contributed by atoms with Crippen LogP contribution < -0.4 is 15.4 Å². The lowest BCUT2D eigenvalue weighted by Crippen LogP contribution is -2.35. The number of thiophene rings is 1. The van der Waals surface area contributed by atoms with E-state index in [-0.39, 0.29) is 12.4 Å². The van der Waals surface area contributed by atoms with Gasteiger partial charge in [0.25, 0.3) is 5.91 Å². The van der Waals surface area contributed by atoms with Gasteiger partial charge in [-0.05, 0) is 54.4 Å². The summed E-state index contributed by atoms with van der Waals surface area (Å²) >= 11 is 1.17. The molecule has 7 nitrogen and oxygen atoms in total. The second-order valence-electron chi connectivity index (χ2n) is 6.78. The smallest absolute Gasteiger partial charge is 0.348 e. The third-order valence-electron chi connectivity index (χ3n) is 4.35.